The van der Waals surface area contributed by atoms with E-state index >= 15 is 4.39 Å². The van der Waals surface area contributed by atoms with Gasteiger partial charge >= 0.3 is 12.1 Å². The molecule has 0 spiro atoms. The van der Waals surface area contributed by atoms with Crippen molar-refractivity contribution in [3.8, 4) is 35.5 Å². The minimum Gasteiger partial charge on any atom is -0.480 e. The number of hydrogen-bond donors (Lipinski definition) is 1. The number of nitrogens with one attached hydrogen (secondary N) is 1. The smallest absolute Gasteiger partial charge is 0.409 e. The number of amides is 1. The molecule has 0 aliphatic carbocycles. The van der Waals surface area contributed by atoms with Crippen molar-refractivity contribution in [1.29, 1.82) is 0 Å². The van der Waals surface area contributed by atoms with E-state index in [1.54, 1.807) is 38.4 Å². The lowest BCUT2D eigenvalue weighted by Gasteiger charge is -2.35. The second kappa shape index (κ2) is 13.1. The molecule has 2 bridgehead atoms. The molecule has 51 heavy (non-hydrogen) atoms. The Bertz CT molecular complexity index is 2060. The highest BCUT2D eigenvalue weighted by atomic mass is 19.1. The molecule has 1 N–H and O–H groups in total. The first kappa shape index (κ1) is 33.3. The maximum absolute atomic E-state index is 17.1. The Kier molecular flexibility index (Phi) is 8.55. The Morgan fingerprint density at radius 3 is 2.63 bits per heavy atom. The number of hydrogen-bond acceptors (Lipinski definition) is 10. The Morgan fingerprint density at radius 1 is 1.08 bits per heavy atom. The fraction of sp³-hybridized carbons (Fsp3) is 0.474. The zero-order valence-corrected chi connectivity index (χ0v) is 29.0. The van der Waals surface area contributed by atoms with Crippen LogP contribution in [0.5, 0.6) is 11.9 Å². The largest absolute Gasteiger partial charge is 0.480 e. The second-order valence-corrected chi connectivity index (χ2v) is 14.3. The van der Waals surface area contributed by atoms with E-state index in [0.29, 0.717) is 53.8 Å². The van der Waals surface area contributed by atoms with Crippen LogP contribution in [0, 0.1) is 24.0 Å². The Labute approximate surface area is 295 Å². The molecule has 8 rings (SSSR count). The predicted molar refractivity (Wildman–Crippen MR) is 189 cm³/mol. The third-order valence-electron chi connectivity index (χ3n) is 11.1. The molecule has 6 heterocycles. The lowest BCUT2D eigenvalue weighted by Crippen LogP contribution is -2.51. The van der Waals surface area contributed by atoms with Crippen molar-refractivity contribution in [2.75, 3.05) is 59.0 Å². The average molecular weight is 698 g/mol. The monoisotopic (exact) mass is 697 g/mol. The first-order chi connectivity index (χ1) is 24.7. The van der Waals surface area contributed by atoms with Gasteiger partial charge in [-0.05, 0) is 56.5 Å². The van der Waals surface area contributed by atoms with Crippen molar-refractivity contribution in [2.24, 2.45) is 0 Å². The maximum atomic E-state index is 17.1. The van der Waals surface area contributed by atoms with Crippen molar-refractivity contribution in [3.05, 3.63) is 47.5 Å². The van der Waals surface area contributed by atoms with Crippen molar-refractivity contribution in [3.63, 3.8) is 0 Å². The Hall–Kier alpha value is -4.80. The number of rotatable bonds is 8. The van der Waals surface area contributed by atoms with E-state index in [2.05, 4.69) is 26.0 Å². The number of aromatic nitrogens is 3. The molecule has 4 aliphatic rings. The fourth-order valence-corrected chi connectivity index (χ4v) is 8.67. The highest BCUT2D eigenvalue weighted by molar-refractivity contribution is 6.03. The van der Waals surface area contributed by atoms with Gasteiger partial charge in [-0.25, -0.2) is 18.6 Å². The number of halogens is 2. The van der Waals surface area contributed by atoms with Crippen molar-refractivity contribution >= 4 is 33.6 Å². The molecular weight excluding hydrogens is 656 g/mol. The van der Waals surface area contributed by atoms with Crippen LogP contribution < -0.4 is 19.7 Å². The standard InChI is InChI=1S/C38H41F2N7O4/c1-5-26-28(39)13-10-22-8-6-9-27(29(22)26)32-31(40)33-30(35(42-32)49-4)34(46-18-23-11-12-24(19-46)41-23)44-36(43-33)51-21-38-15-7-17-47(38)25(14-16-38)20-50-37(48)45(2)3/h1,6,8-10,13,23-25,41H,7,11-12,14-21H2,2-4H3/t23?,24?,25-,38-/m1/s1. The average Bonchev–Trinajstić information content (AvgIpc) is 3.82. The Balaban J connectivity index is 1.21. The Morgan fingerprint density at radius 2 is 1.88 bits per heavy atom. The van der Waals surface area contributed by atoms with Crippen LogP contribution in [0.25, 0.3) is 32.9 Å². The van der Waals surface area contributed by atoms with Crippen LogP contribution in [0.2, 0.25) is 0 Å². The number of carbonyl (C=O) groups excluding carboxylic acids is 1. The summed E-state index contributed by atoms with van der Waals surface area (Å²) >= 11 is 0. The molecule has 4 saturated heterocycles. The number of nitrogens with zero attached hydrogens (tertiary/aromatic N) is 6. The molecule has 4 atom stereocenters. The summed E-state index contributed by atoms with van der Waals surface area (Å²) in [5, 5.41) is 5.02. The fourth-order valence-electron chi connectivity index (χ4n) is 8.67. The normalized spacial score (nSPS) is 24.2. The number of pyridine rings is 1. The third-order valence-corrected chi connectivity index (χ3v) is 11.1. The summed E-state index contributed by atoms with van der Waals surface area (Å²) in [5.74, 6) is 1.81. The highest BCUT2D eigenvalue weighted by Gasteiger charge is 2.50. The van der Waals surface area contributed by atoms with Crippen LogP contribution >= 0.6 is 0 Å². The molecule has 4 aliphatic heterocycles. The van der Waals surface area contributed by atoms with E-state index in [4.69, 9.17) is 30.6 Å². The van der Waals surface area contributed by atoms with Gasteiger partial charge < -0.3 is 29.3 Å². The number of benzene rings is 2. The van der Waals surface area contributed by atoms with Crippen molar-refractivity contribution < 1.29 is 27.8 Å². The van der Waals surface area contributed by atoms with E-state index in [-0.39, 0.29) is 58.4 Å². The van der Waals surface area contributed by atoms with Gasteiger partial charge in [0.05, 0.1) is 18.2 Å². The van der Waals surface area contributed by atoms with Gasteiger partial charge in [0.1, 0.15) is 41.4 Å². The molecule has 2 aromatic heterocycles. The molecule has 0 saturated carbocycles. The molecule has 13 heteroatoms. The predicted octanol–water partition coefficient (Wildman–Crippen LogP) is 5.13. The number of ether oxygens (including phenoxy) is 3. The molecular formula is C38H41F2N7O4. The summed E-state index contributed by atoms with van der Waals surface area (Å²) in [6.07, 6.45) is 11.1. The van der Waals surface area contributed by atoms with Gasteiger partial charge in [-0.15, -0.1) is 6.42 Å². The van der Waals surface area contributed by atoms with Crippen LogP contribution in [0.4, 0.5) is 19.4 Å². The first-order valence-corrected chi connectivity index (χ1v) is 17.6. The highest BCUT2D eigenvalue weighted by Crippen LogP contribution is 2.44. The van der Waals surface area contributed by atoms with Gasteiger partial charge in [-0.2, -0.15) is 9.97 Å². The van der Waals surface area contributed by atoms with Crippen molar-refractivity contribution in [1.82, 2.24) is 30.1 Å². The van der Waals surface area contributed by atoms with Crippen LogP contribution in [0.3, 0.4) is 0 Å². The number of methoxy groups -OCH3 is 1. The molecule has 2 aromatic carbocycles. The summed E-state index contributed by atoms with van der Waals surface area (Å²) in [5.41, 5.74) is 0.0143. The maximum Gasteiger partial charge on any atom is 0.409 e. The minimum absolute atomic E-state index is 0.000863. The molecule has 0 radical (unpaired) electrons. The zero-order chi connectivity index (χ0) is 35.4. The van der Waals surface area contributed by atoms with Gasteiger partial charge in [0.2, 0.25) is 5.88 Å². The zero-order valence-electron chi connectivity index (χ0n) is 29.0. The van der Waals surface area contributed by atoms with Crippen molar-refractivity contribution in [2.45, 2.75) is 62.2 Å². The number of terminal acetylenes is 1. The van der Waals surface area contributed by atoms with E-state index in [0.717, 1.165) is 45.1 Å². The summed E-state index contributed by atoms with van der Waals surface area (Å²) in [7, 11) is 4.82. The van der Waals surface area contributed by atoms with E-state index in [1.165, 1.54) is 18.1 Å². The molecule has 2 unspecified atom stereocenters. The summed E-state index contributed by atoms with van der Waals surface area (Å²) in [4.78, 5) is 32.5. The van der Waals surface area contributed by atoms with Gasteiger partial charge in [0, 0.05) is 56.3 Å². The molecule has 11 nitrogen and oxygen atoms in total. The lowest BCUT2D eigenvalue weighted by molar-refractivity contribution is 0.0484. The van der Waals surface area contributed by atoms with Gasteiger partial charge in [0.15, 0.2) is 5.82 Å². The number of carbonyl (C=O) groups is 1. The van der Waals surface area contributed by atoms with E-state index < -0.39 is 11.6 Å². The van der Waals surface area contributed by atoms with Crippen LogP contribution in [-0.4, -0.2) is 109 Å². The topological polar surface area (TPSA) is 105 Å². The lowest BCUT2D eigenvalue weighted by atomic mass is 9.95. The molecule has 4 aromatic rings. The van der Waals surface area contributed by atoms with E-state index in [9.17, 15) is 9.18 Å². The molecule has 1 amide bonds. The van der Waals surface area contributed by atoms with Crippen LogP contribution in [0.1, 0.15) is 44.1 Å². The summed E-state index contributed by atoms with van der Waals surface area (Å²) < 4.78 is 50.0. The number of piperazine rings is 1. The van der Waals surface area contributed by atoms with Gasteiger partial charge in [-0.3, -0.25) is 4.90 Å². The third kappa shape index (κ3) is 5.74. The van der Waals surface area contributed by atoms with Crippen LogP contribution in [0.15, 0.2) is 30.3 Å². The van der Waals surface area contributed by atoms with Crippen LogP contribution in [-0.2, 0) is 4.74 Å². The summed E-state index contributed by atoms with van der Waals surface area (Å²) in [6, 6.07) is 8.84. The van der Waals surface area contributed by atoms with Gasteiger partial charge in [0.25, 0.3) is 0 Å². The molecule has 266 valence electrons. The summed E-state index contributed by atoms with van der Waals surface area (Å²) in [6.45, 7) is 2.82. The quantitative estimate of drug-likeness (QED) is 0.250. The second-order valence-electron chi connectivity index (χ2n) is 14.3. The SMILES string of the molecule is C#Cc1c(F)ccc2cccc(-c3nc(OC)c4c(N5CC6CCC(C5)N6)nc(OC[C@]56CCCN5[C@@H](COC(=O)N(C)C)CC6)nc4c3F)c12. The number of anilines is 1. The van der Waals surface area contributed by atoms with Gasteiger partial charge in [-0.1, -0.05) is 30.2 Å². The molecule has 4 fully saturated rings. The minimum atomic E-state index is -0.707. The first-order valence-electron chi connectivity index (χ1n) is 17.6. The number of fused-ring (bicyclic) bond motifs is 5. The van der Waals surface area contributed by atoms with E-state index in [1.807, 2.05) is 0 Å².